The summed E-state index contributed by atoms with van der Waals surface area (Å²) in [5.41, 5.74) is 1.13. The van der Waals surface area contributed by atoms with E-state index >= 15 is 0 Å². The number of rotatable bonds is 2. The molecule has 1 aromatic carbocycles. The van der Waals surface area contributed by atoms with Crippen LogP contribution in [-0.4, -0.2) is 24.1 Å². The highest BCUT2D eigenvalue weighted by Gasteiger charge is 1.94. The molecule has 0 fully saturated rings. The Kier molecular flexibility index (Phi) is 4.71. The molecule has 12 heavy (non-hydrogen) atoms. The van der Waals surface area contributed by atoms with Crippen molar-refractivity contribution in [2.24, 2.45) is 0 Å². The van der Waals surface area contributed by atoms with E-state index in [1.165, 1.54) is 0 Å². The predicted molar refractivity (Wildman–Crippen MR) is 52.7 cm³/mol. The summed E-state index contributed by atoms with van der Waals surface area (Å²) in [6.45, 7) is 0.869. The maximum absolute atomic E-state index is 9.11. The van der Waals surface area contributed by atoms with E-state index < -0.39 is 0 Å². The second-order valence-corrected chi connectivity index (χ2v) is 2.91. The maximum atomic E-state index is 9.11. The van der Waals surface area contributed by atoms with E-state index in [1.807, 2.05) is 26.2 Å². The first-order valence-corrected chi connectivity index (χ1v) is 3.61. The highest BCUT2D eigenvalue weighted by atomic mass is 35.5. The predicted octanol–water partition coefficient (Wildman–Crippen LogP) is 1.88. The number of halogens is 1. The van der Waals surface area contributed by atoms with Crippen LogP contribution in [0.3, 0.4) is 0 Å². The first-order chi connectivity index (χ1) is 5.18. The highest BCUT2D eigenvalue weighted by Crippen LogP contribution is 2.11. The van der Waals surface area contributed by atoms with Crippen molar-refractivity contribution >= 4 is 12.4 Å². The lowest BCUT2D eigenvalue weighted by Gasteiger charge is -2.08. The highest BCUT2D eigenvalue weighted by molar-refractivity contribution is 5.85. The minimum atomic E-state index is 0. The molecular formula is C9H14ClNO. The molecule has 2 nitrogen and oxygen atoms in total. The molecule has 0 atom stereocenters. The molecule has 1 aromatic rings. The Bertz CT molecular complexity index is 238. The van der Waals surface area contributed by atoms with Gasteiger partial charge in [0.15, 0.2) is 0 Å². The number of aromatic hydroxyl groups is 1. The number of phenolic OH excluding ortho intramolecular Hbond substituents is 1. The zero-order valence-electron chi connectivity index (χ0n) is 7.32. The number of phenols is 1. The van der Waals surface area contributed by atoms with Gasteiger partial charge in [-0.1, -0.05) is 12.1 Å². The molecule has 0 aliphatic carbocycles. The van der Waals surface area contributed by atoms with Crippen LogP contribution in [0.4, 0.5) is 0 Å². The van der Waals surface area contributed by atoms with Crippen LogP contribution in [0.1, 0.15) is 5.56 Å². The Morgan fingerprint density at radius 3 is 2.50 bits per heavy atom. The van der Waals surface area contributed by atoms with Crippen LogP contribution in [0.15, 0.2) is 24.3 Å². The van der Waals surface area contributed by atoms with Crippen LogP contribution in [-0.2, 0) is 6.54 Å². The fourth-order valence-electron chi connectivity index (χ4n) is 1.02. The van der Waals surface area contributed by atoms with Gasteiger partial charge >= 0.3 is 0 Å². The van der Waals surface area contributed by atoms with Gasteiger partial charge in [0.05, 0.1) is 0 Å². The van der Waals surface area contributed by atoms with Gasteiger partial charge in [0, 0.05) is 6.54 Å². The quantitative estimate of drug-likeness (QED) is 0.765. The number of nitrogens with zero attached hydrogens (tertiary/aromatic N) is 1. The summed E-state index contributed by atoms with van der Waals surface area (Å²) >= 11 is 0. The van der Waals surface area contributed by atoms with Gasteiger partial charge in [0.25, 0.3) is 0 Å². The van der Waals surface area contributed by atoms with Gasteiger partial charge in [-0.15, -0.1) is 12.4 Å². The van der Waals surface area contributed by atoms with Crippen molar-refractivity contribution < 1.29 is 5.11 Å². The molecule has 68 valence electrons. The lowest BCUT2D eigenvalue weighted by Crippen LogP contribution is -2.10. The lowest BCUT2D eigenvalue weighted by molar-refractivity contribution is 0.400. The Labute approximate surface area is 79.2 Å². The van der Waals surface area contributed by atoms with Crippen LogP contribution in [0.5, 0.6) is 5.75 Å². The van der Waals surface area contributed by atoms with Gasteiger partial charge in [0.1, 0.15) is 5.75 Å². The molecule has 3 heteroatoms. The third-order valence-corrected chi connectivity index (χ3v) is 1.41. The summed E-state index contributed by atoms with van der Waals surface area (Å²) in [4.78, 5) is 2.06. The standard InChI is InChI=1S/C9H13NO.ClH/c1-10(2)7-8-4-3-5-9(11)6-8;/h3-6,11H,7H2,1-2H3;1H. The maximum Gasteiger partial charge on any atom is 0.115 e. The van der Waals surface area contributed by atoms with Gasteiger partial charge in [-0.2, -0.15) is 0 Å². The van der Waals surface area contributed by atoms with Gasteiger partial charge in [-0.25, -0.2) is 0 Å². The van der Waals surface area contributed by atoms with Crippen molar-refractivity contribution in [2.75, 3.05) is 14.1 Å². The van der Waals surface area contributed by atoms with Crippen molar-refractivity contribution in [3.05, 3.63) is 29.8 Å². The number of hydrogen-bond donors (Lipinski definition) is 1. The van der Waals surface area contributed by atoms with Crippen LogP contribution in [0.2, 0.25) is 0 Å². The van der Waals surface area contributed by atoms with E-state index in [0.29, 0.717) is 5.75 Å². The van der Waals surface area contributed by atoms with E-state index in [4.69, 9.17) is 5.11 Å². The van der Waals surface area contributed by atoms with Crippen molar-refractivity contribution in [3.8, 4) is 5.75 Å². The largest absolute Gasteiger partial charge is 0.508 e. The molecule has 0 spiro atoms. The number of benzene rings is 1. The molecule has 0 bridgehead atoms. The van der Waals surface area contributed by atoms with Crippen molar-refractivity contribution in [1.82, 2.24) is 4.90 Å². The zero-order chi connectivity index (χ0) is 8.27. The van der Waals surface area contributed by atoms with E-state index in [2.05, 4.69) is 4.90 Å². The molecule has 0 amide bonds. The van der Waals surface area contributed by atoms with Gasteiger partial charge < -0.3 is 10.0 Å². The van der Waals surface area contributed by atoms with Crippen LogP contribution < -0.4 is 0 Å². The average Bonchev–Trinajstić information content (AvgIpc) is 1.85. The second kappa shape index (κ2) is 5.01. The van der Waals surface area contributed by atoms with E-state index in [-0.39, 0.29) is 12.4 Å². The first-order valence-electron chi connectivity index (χ1n) is 3.61. The van der Waals surface area contributed by atoms with Crippen molar-refractivity contribution in [1.29, 1.82) is 0 Å². The summed E-state index contributed by atoms with van der Waals surface area (Å²) in [5.74, 6) is 0.337. The minimum absolute atomic E-state index is 0. The summed E-state index contributed by atoms with van der Waals surface area (Å²) in [6.07, 6.45) is 0. The topological polar surface area (TPSA) is 23.5 Å². The smallest absolute Gasteiger partial charge is 0.115 e. The fourth-order valence-corrected chi connectivity index (χ4v) is 1.02. The van der Waals surface area contributed by atoms with Crippen LogP contribution in [0.25, 0.3) is 0 Å². The van der Waals surface area contributed by atoms with Gasteiger partial charge in [0.2, 0.25) is 0 Å². The normalized spacial score (nSPS) is 9.58. The average molecular weight is 188 g/mol. The Morgan fingerprint density at radius 2 is 2.00 bits per heavy atom. The molecule has 0 aliphatic rings. The summed E-state index contributed by atoms with van der Waals surface area (Å²) in [6, 6.07) is 7.31. The van der Waals surface area contributed by atoms with Crippen LogP contribution >= 0.6 is 12.4 Å². The Balaban J connectivity index is 0.00000121. The van der Waals surface area contributed by atoms with Crippen LogP contribution in [0, 0.1) is 0 Å². The third kappa shape index (κ3) is 3.60. The summed E-state index contributed by atoms with van der Waals surface area (Å²) in [7, 11) is 4.01. The molecule has 0 aliphatic heterocycles. The monoisotopic (exact) mass is 187 g/mol. The van der Waals surface area contributed by atoms with Crippen molar-refractivity contribution in [3.63, 3.8) is 0 Å². The Hall–Kier alpha value is -0.730. The fraction of sp³-hybridized carbons (Fsp3) is 0.333. The molecule has 0 radical (unpaired) electrons. The van der Waals surface area contributed by atoms with E-state index in [0.717, 1.165) is 12.1 Å². The van der Waals surface area contributed by atoms with E-state index in [9.17, 15) is 0 Å². The molecule has 0 aromatic heterocycles. The molecule has 0 saturated carbocycles. The van der Waals surface area contributed by atoms with E-state index in [1.54, 1.807) is 12.1 Å². The summed E-state index contributed by atoms with van der Waals surface area (Å²) < 4.78 is 0. The molecule has 1 N–H and O–H groups in total. The lowest BCUT2D eigenvalue weighted by atomic mass is 10.2. The molecule has 1 rings (SSSR count). The SMILES string of the molecule is CN(C)Cc1cccc(O)c1.Cl. The first kappa shape index (κ1) is 11.3. The van der Waals surface area contributed by atoms with Gasteiger partial charge in [-0.3, -0.25) is 0 Å². The summed E-state index contributed by atoms with van der Waals surface area (Å²) in [5, 5.41) is 9.11. The third-order valence-electron chi connectivity index (χ3n) is 1.41. The Morgan fingerprint density at radius 1 is 1.33 bits per heavy atom. The molecule has 0 saturated heterocycles. The van der Waals surface area contributed by atoms with Gasteiger partial charge in [-0.05, 0) is 31.8 Å². The number of hydrogen-bond acceptors (Lipinski definition) is 2. The zero-order valence-corrected chi connectivity index (χ0v) is 8.14. The molecule has 0 unspecified atom stereocenters. The molecular weight excluding hydrogens is 174 g/mol. The second-order valence-electron chi connectivity index (χ2n) is 2.91. The van der Waals surface area contributed by atoms with Crippen molar-refractivity contribution in [2.45, 2.75) is 6.54 Å². The minimum Gasteiger partial charge on any atom is -0.508 e. The molecule has 0 heterocycles.